The van der Waals surface area contributed by atoms with Crippen molar-refractivity contribution in [3.05, 3.63) is 0 Å². The summed E-state index contributed by atoms with van der Waals surface area (Å²) in [5, 5.41) is 0. The monoisotopic (exact) mass is 280 g/mol. The van der Waals surface area contributed by atoms with Gasteiger partial charge in [0.25, 0.3) is 0 Å². The molecule has 0 saturated carbocycles. The maximum Gasteiger partial charge on any atom is 0.157 e. The van der Waals surface area contributed by atoms with E-state index in [4.69, 9.17) is 9.47 Å². The summed E-state index contributed by atoms with van der Waals surface area (Å²) >= 11 is 0. The van der Waals surface area contributed by atoms with Crippen molar-refractivity contribution in [1.82, 2.24) is 0 Å². The van der Waals surface area contributed by atoms with Crippen molar-refractivity contribution in [2.75, 3.05) is 13.2 Å². The molecule has 1 aliphatic rings. The van der Waals surface area contributed by atoms with Gasteiger partial charge in [-0.1, -0.05) is 45.4 Å². The van der Waals surface area contributed by atoms with Crippen LogP contribution >= 0.6 is 0 Å². The van der Waals surface area contributed by atoms with Crippen LogP contribution in [0.1, 0.15) is 84.0 Å². The molecule has 0 radical (unpaired) electrons. The van der Waals surface area contributed by atoms with Crippen molar-refractivity contribution in [3.63, 3.8) is 0 Å². The van der Waals surface area contributed by atoms with Crippen LogP contribution in [0.15, 0.2) is 0 Å². The van der Waals surface area contributed by atoms with E-state index in [-0.39, 0.29) is 6.29 Å². The van der Waals surface area contributed by atoms with E-state index in [0.717, 1.165) is 32.5 Å². The molecule has 1 rings (SSSR count). The molecule has 1 fully saturated rings. The Hall–Kier alpha value is -0.520. The fourth-order valence-corrected chi connectivity index (χ4v) is 2.42. The summed E-state index contributed by atoms with van der Waals surface area (Å²) in [5.74, 6) is 6.54. The van der Waals surface area contributed by atoms with Crippen molar-refractivity contribution in [1.29, 1.82) is 0 Å². The predicted octanol–water partition coefficient (Wildman–Crippen LogP) is 5.06. The minimum absolute atomic E-state index is 0.0984. The Bertz CT molecular complexity index is 258. The molecule has 1 saturated heterocycles. The van der Waals surface area contributed by atoms with E-state index in [1.54, 1.807) is 0 Å². The Labute approximate surface area is 125 Å². The second-order valence-corrected chi connectivity index (χ2v) is 5.64. The highest BCUT2D eigenvalue weighted by atomic mass is 16.7. The number of rotatable bonds is 11. The van der Waals surface area contributed by atoms with Crippen LogP contribution in [0.25, 0.3) is 0 Å². The summed E-state index contributed by atoms with van der Waals surface area (Å²) < 4.78 is 10.8. The molecule has 0 atom stereocenters. The summed E-state index contributed by atoms with van der Waals surface area (Å²) in [6.45, 7) is 3.79. The minimum atomic E-state index is 0.0984. The molecule has 0 spiro atoms. The number of hydrogen-bond donors (Lipinski definition) is 0. The van der Waals surface area contributed by atoms with Gasteiger partial charge in [0.05, 0.1) is 13.2 Å². The summed E-state index contributed by atoms with van der Waals surface area (Å²) in [4.78, 5) is 0. The highest BCUT2D eigenvalue weighted by Crippen LogP contribution is 2.14. The zero-order valence-corrected chi connectivity index (χ0v) is 13.3. The first kappa shape index (κ1) is 17.5. The Kier molecular flexibility index (Phi) is 11.8. The molecule has 0 aromatic carbocycles. The van der Waals surface area contributed by atoms with Gasteiger partial charge >= 0.3 is 0 Å². The van der Waals surface area contributed by atoms with Gasteiger partial charge in [-0.2, -0.15) is 0 Å². The van der Waals surface area contributed by atoms with Crippen LogP contribution in [0, 0.1) is 11.8 Å². The molecule has 116 valence electrons. The number of hydrogen-bond acceptors (Lipinski definition) is 2. The van der Waals surface area contributed by atoms with E-state index in [1.807, 2.05) is 0 Å². The van der Waals surface area contributed by atoms with Crippen LogP contribution in [0.4, 0.5) is 0 Å². The summed E-state index contributed by atoms with van der Waals surface area (Å²) in [7, 11) is 0. The lowest BCUT2D eigenvalue weighted by atomic mass is 10.1. The van der Waals surface area contributed by atoms with Crippen molar-refractivity contribution < 1.29 is 9.47 Å². The first-order valence-electron chi connectivity index (χ1n) is 8.62. The maximum atomic E-state index is 5.42. The van der Waals surface area contributed by atoms with Gasteiger partial charge in [0, 0.05) is 12.8 Å². The highest BCUT2D eigenvalue weighted by Gasteiger charge is 2.14. The van der Waals surface area contributed by atoms with Crippen molar-refractivity contribution in [3.8, 4) is 11.8 Å². The van der Waals surface area contributed by atoms with Gasteiger partial charge in [0.1, 0.15) is 0 Å². The molecule has 0 amide bonds. The van der Waals surface area contributed by atoms with E-state index < -0.39 is 0 Å². The lowest BCUT2D eigenvalue weighted by Gasteiger charge is -2.07. The lowest BCUT2D eigenvalue weighted by molar-refractivity contribution is -0.0480. The van der Waals surface area contributed by atoms with Gasteiger partial charge in [0.15, 0.2) is 6.29 Å². The SMILES string of the molecule is CCCCC#CCCCCCCCCCC1OCCO1. The Morgan fingerprint density at radius 1 is 0.750 bits per heavy atom. The van der Waals surface area contributed by atoms with E-state index in [2.05, 4.69) is 18.8 Å². The Balaban J connectivity index is 1.72. The molecule has 0 N–H and O–H groups in total. The lowest BCUT2D eigenvalue weighted by Crippen LogP contribution is -2.06. The van der Waals surface area contributed by atoms with Crippen molar-refractivity contribution in [2.45, 2.75) is 90.3 Å². The first-order chi connectivity index (χ1) is 9.93. The molecule has 0 unspecified atom stereocenters. The quantitative estimate of drug-likeness (QED) is 0.389. The maximum absolute atomic E-state index is 5.42. The molecule has 1 heterocycles. The van der Waals surface area contributed by atoms with Crippen LogP contribution in [-0.4, -0.2) is 19.5 Å². The zero-order chi connectivity index (χ0) is 14.3. The van der Waals surface area contributed by atoms with Crippen molar-refractivity contribution in [2.24, 2.45) is 0 Å². The zero-order valence-electron chi connectivity index (χ0n) is 13.3. The third kappa shape index (κ3) is 10.3. The fraction of sp³-hybridized carbons (Fsp3) is 0.889. The molecule has 0 bridgehead atoms. The van der Waals surface area contributed by atoms with Gasteiger partial charge in [0.2, 0.25) is 0 Å². The van der Waals surface area contributed by atoms with Crippen LogP contribution < -0.4 is 0 Å². The molecule has 1 aliphatic heterocycles. The third-order valence-electron chi connectivity index (χ3n) is 3.71. The minimum Gasteiger partial charge on any atom is -0.350 e. The van der Waals surface area contributed by atoms with Gasteiger partial charge in [-0.15, -0.1) is 11.8 Å². The van der Waals surface area contributed by atoms with Gasteiger partial charge < -0.3 is 9.47 Å². The second kappa shape index (κ2) is 13.5. The molecule has 0 aromatic heterocycles. The fourth-order valence-electron chi connectivity index (χ4n) is 2.42. The normalized spacial score (nSPS) is 15.2. The van der Waals surface area contributed by atoms with E-state index >= 15 is 0 Å². The molecule has 0 aliphatic carbocycles. The Morgan fingerprint density at radius 2 is 1.30 bits per heavy atom. The highest BCUT2D eigenvalue weighted by molar-refractivity contribution is 4.98. The Morgan fingerprint density at radius 3 is 1.95 bits per heavy atom. The summed E-state index contributed by atoms with van der Waals surface area (Å²) in [5.41, 5.74) is 0. The van der Waals surface area contributed by atoms with Crippen molar-refractivity contribution >= 4 is 0 Å². The predicted molar refractivity (Wildman–Crippen MR) is 84.5 cm³/mol. The van der Waals surface area contributed by atoms with Crippen LogP contribution in [0.5, 0.6) is 0 Å². The summed E-state index contributed by atoms with van der Waals surface area (Å²) in [6.07, 6.45) is 15.2. The van der Waals surface area contributed by atoms with Gasteiger partial charge in [-0.25, -0.2) is 0 Å². The van der Waals surface area contributed by atoms with Gasteiger partial charge in [-0.05, 0) is 25.7 Å². The molecular formula is C18H32O2. The molecule has 20 heavy (non-hydrogen) atoms. The topological polar surface area (TPSA) is 18.5 Å². The molecule has 0 aromatic rings. The number of unbranched alkanes of at least 4 members (excludes halogenated alkanes) is 9. The standard InChI is InChI=1S/C18H32O2/c1-2-3-4-5-6-7-8-9-10-11-12-13-14-15-18-19-16-17-20-18/h18H,2-4,7-17H2,1H3. The van der Waals surface area contributed by atoms with Crippen LogP contribution in [-0.2, 0) is 9.47 Å². The van der Waals surface area contributed by atoms with E-state index in [9.17, 15) is 0 Å². The molecule has 2 nitrogen and oxygen atoms in total. The third-order valence-corrected chi connectivity index (χ3v) is 3.71. The van der Waals surface area contributed by atoms with E-state index in [0.29, 0.717) is 0 Å². The van der Waals surface area contributed by atoms with Crippen LogP contribution in [0.3, 0.4) is 0 Å². The largest absolute Gasteiger partial charge is 0.350 e. The van der Waals surface area contributed by atoms with Gasteiger partial charge in [-0.3, -0.25) is 0 Å². The first-order valence-corrected chi connectivity index (χ1v) is 8.62. The average Bonchev–Trinajstić information content (AvgIpc) is 2.97. The second-order valence-electron chi connectivity index (χ2n) is 5.64. The molecule has 2 heteroatoms. The average molecular weight is 280 g/mol. The smallest absolute Gasteiger partial charge is 0.157 e. The molecular weight excluding hydrogens is 248 g/mol. The summed E-state index contributed by atoms with van der Waals surface area (Å²) in [6, 6.07) is 0. The van der Waals surface area contributed by atoms with E-state index in [1.165, 1.54) is 57.8 Å². The van der Waals surface area contributed by atoms with Crippen LogP contribution in [0.2, 0.25) is 0 Å². The number of ether oxygens (including phenoxy) is 2.